The fraction of sp³-hybridized carbons (Fsp3) is 0.167. The van der Waals surface area contributed by atoms with Crippen LogP contribution < -0.4 is 0 Å². The lowest BCUT2D eigenvalue weighted by molar-refractivity contribution is -0.133. The minimum Gasteiger partial charge on any atom is -0.481 e. The SMILES string of the molecule is O=C(O)CSc1nccn1Cc1ccccc1Cl. The van der Waals surface area contributed by atoms with E-state index in [0.717, 1.165) is 5.56 Å². The average Bonchev–Trinajstić information content (AvgIpc) is 2.77. The molecule has 0 atom stereocenters. The average molecular weight is 283 g/mol. The summed E-state index contributed by atoms with van der Waals surface area (Å²) in [5, 5.41) is 10.0. The number of nitrogens with zero attached hydrogens (tertiary/aromatic N) is 2. The summed E-state index contributed by atoms with van der Waals surface area (Å²) in [5.74, 6) is -0.855. The molecule has 1 N–H and O–H groups in total. The highest BCUT2D eigenvalue weighted by Gasteiger charge is 2.08. The lowest BCUT2D eigenvalue weighted by Crippen LogP contribution is -2.04. The maximum absolute atomic E-state index is 10.5. The maximum Gasteiger partial charge on any atom is 0.313 e. The fourth-order valence-corrected chi connectivity index (χ4v) is 2.37. The number of aliphatic carboxylic acids is 1. The predicted molar refractivity (Wildman–Crippen MR) is 71.1 cm³/mol. The van der Waals surface area contributed by atoms with Crippen LogP contribution in [0.1, 0.15) is 5.56 Å². The van der Waals surface area contributed by atoms with Crippen molar-refractivity contribution in [2.45, 2.75) is 11.7 Å². The number of hydrogen-bond acceptors (Lipinski definition) is 3. The van der Waals surface area contributed by atoms with Crippen LogP contribution in [0.5, 0.6) is 0 Å². The largest absolute Gasteiger partial charge is 0.481 e. The minimum atomic E-state index is -0.854. The second-order valence-electron chi connectivity index (χ2n) is 3.61. The van der Waals surface area contributed by atoms with Gasteiger partial charge in [-0.05, 0) is 11.6 Å². The van der Waals surface area contributed by atoms with Gasteiger partial charge in [-0.25, -0.2) is 4.98 Å². The van der Waals surface area contributed by atoms with Gasteiger partial charge in [-0.1, -0.05) is 41.6 Å². The van der Waals surface area contributed by atoms with E-state index in [1.807, 2.05) is 35.0 Å². The summed E-state index contributed by atoms with van der Waals surface area (Å²) in [6, 6.07) is 7.56. The van der Waals surface area contributed by atoms with Gasteiger partial charge in [0, 0.05) is 17.4 Å². The van der Waals surface area contributed by atoms with E-state index in [1.165, 1.54) is 11.8 Å². The number of benzene rings is 1. The smallest absolute Gasteiger partial charge is 0.313 e. The van der Waals surface area contributed by atoms with Crippen molar-refractivity contribution in [2.75, 3.05) is 5.75 Å². The third-order valence-electron chi connectivity index (χ3n) is 2.30. The zero-order valence-corrected chi connectivity index (χ0v) is 11.0. The van der Waals surface area contributed by atoms with Gasteiger partial charge in [-0.15, -0.1) is 0 Å². The van der Waals surface area contributed by atoms with E-state index >= 15 is 0 Å². The van der Waals surface area contributed by atoms with Gasteiger partial charge < -0.3 is 9.67 Å². The van der Waals surface area contributed by atoms with Gasteiger partial charge >= 0.3 is 5.97 Å². The van der Waals surface area contributed by atoms with Crippen molar-refractivity contribution in [3.63, 3.8) is 0 Å². The summed E-state index contributed by atoms with van der Waals surface area (Å²) >= 11 is 7.28. The third kappa shape index (κ3) is 3.27. The molecule has 2 rings (SSSR count). The summed E-state index contributed by atoms with van der Waals surface area (Å²) in [4.78, 5) is 14.7. The van der Waals surface area contributed by atoms with Crippen molar-refractivity contribution in [3.05, 3.63) is 47.2 Å². The van der Waals surface area contributed by atoms with Crippen LogP contribution in [0.25, 0.3) is 0 Å². The Bertz CT molecular complexity index is 557. The number of carbonyl (C=O) groups is 1. The minimum absolute atomic E-state index is 0.000461. The molecule has 0 fully saturated rings. The molecular formula is C12H11ClN2O2S. The molecule has 0 saturated carbocycles. The molecular weight excluding hydrogens is 272 g/mol. The number of halogens is 1. The first-order valence-electron chi connectivity index (χ1n) is 5.26. The van der Waals surface area contributed by atoms with Crippen molar-refractivity contribution >= 4 is 29.3 Å². The molecule has 6 heteroatoms. The second kappa shape index (κ2) is 5.93. The summed E-state index contributed by atoms with van der Waals surface area (Å²) in [6.45, 7) is 0.585. The number of hydrogen-bond donors (Lipinski definition) is 1. The Kier molecular flexibility index (Phi) is 4.28. The molecule has 0 radical (unpaired) electrons. The first-order valence-corrected chi connectivity index (χ1v) is 6.62. The van der Waals surface area contributed by atoms with Crippen molar-refractivity contribution in [1.29, 1.82) is 0 Å². The number of rotatable bonds is 5. The lowest BCUT2D eigenvalue weighted by Gasteiger charge is -2.08. The van der Waals surface area contributed by atoms with Gasteiger partial charge in [0.1, 0.15) is 0 Å². The van der Waals surface area contributed by atoms with Crippen molar-refractivity contribution < 1.29 is 9.90 Å². The summed E-state index contributed by atoms with van der Waals surface area (Å²) in [7, 11) is 0. The molecule has 1 aromatic carbocycles. The first kappa shape index (κ1) is 13.0. The highest BCUT2D eigenvalue weighted by molar-refractivity contribution is 7.99. The molecule has 0 aliphatic rings. The van der Waals surface area contributed by atoms with E-state index in [1.54, 1.807) is 6.20 Å². The zero-order chi connectivity index (χ0) is 13.0. The fourth-order valence-electron chi connectivity index (χ4n) is 1.49. The molecule has 0 aliphatic carbocycles. The summed E-state index contributed by atoms with van der Waals surface area (Å²) in [6.07, 6.45) is 3.47. The van der Waals surface area contributed by atoms with Crippen LogP contribution in [0, 0.1) is 0 Å². The third-order valence-corrected chi connectivity index (χ3v) is 3.66. The Labute approximate surface area is 114 Å². The normalized spacial score (nSPS) is 10.5. The molecule has 0 spiro atoms. The highest BCUT2D eigenvalue weighted by atomic mass is 35.5. The van der Waals surface area contributed by atoms with E-state index in [-0.39, 0.29) is 5.75 Å². The number of carboxylic acid groups (broad SMARTS) is 1. The highest BCUT2D eigenvalue weighted by Crippen LogP contribution is 2.20. The first-order chi connectivity index (χ1) is 8.66. The van der Waals surface area contributed by atoms with E-state index in [9.17, 15) is 4.79 Å². The molecule has 0 bridgehead atoms. The molecule has 1 aromatic heterocycles. The van der Waals surface area contributed by atoms with Gasteiger partial charge in [0.05, 0.1) is 12.3 Å². The van der Waals surface area contributed by atoms with E-state index in [2.05, 4.69) is 4.98 Å². The number of carboxylic acids is 1. The summed E-state index contributed by atoms with van der Waals surface area (Å²) in [5.41, 5.74) is 0.981. The Hall–Kier alpha value is -1.46. The van der Waals surface area contributed by atoms with Crippen LogP contribution in [0.15, 0.2) is 41.8 Å². The van der Waals surface area contributed by atoms with Gasteiger partial charge in [-0.2, -0.15) is 0 Å². The monoisotopic (exact) mass is 282 g/mol. The zero-order valence-electron chi connectivity index (χ0n) is 9.41. The van der Waals surface area contributed by atoms with Gasteiger partial charge in [-0.3, -0.25) is 4.79 Å². The molecule has 4 nitrogen and oxygen atoms in total. The van der Waals surface area contributed by atoms with Crippen molar-refractivity contribution in [1.82, 2.24) is 9.55 Å². The second-order valence-corrected chi connectivity index (χ2v) is 4.96. The maximum atomic E-state index is 10.5. The molecule has 0 saturated heterocycles. The van der Waals surface area contributed by atoms with E-state index in [0.29, 0.717) is 16.7 Å². The Morgan fingerprint density at radius 2 is 2.22 bits per heavy atom. The molecule has 2 aromatic rings. The quantitative estimate of drug-likeness (QED) is 0.857. The number of thioether (sulfide) groups is 1. The van der Waals surface area contributed by atoms with E-state index < -0.39 is 5.97 Å². The molecule has 0 unspecified atom stereocenters. The Balaban J connectivity index is 2.12. The molecule has 94 valence electrons. The van der Waals surface area contributed by atoms with Crippen LogP contribution in [0.4, 0.5) is 0 Å². The van der Waals surface area contributed by atoms with Crippen LogP contribution in [-0.4, -0.2) is 26.4 Å². The van der Waals surface area contributed by atoms with Crippen LogP contribution in [-0.2, 0) is 11.3 Å². The number of imidazole rings is 1. The molecule has 0 aliphatic heterocycles. The van der Waals surface area contributed by atoms with Crippen molar-refractivity contribution in [3.8, 4) is 0 Å². The molecule has 18 heavy (non-hydrogen) atoms. The van der Waals surface area contributed by atoms with Gasteiger partial charge in [0.25, 0.3) is 0 Å². The molecule has 1 heterocycles. The Morgan fingerprint density at radius 3 is 2.94 bits per heavy atom. The van der Waals surface area contributed by atoms with Crippen LogP contribution in [0.2, 0.25) is 5.02 Å². The topological polar surface area (TPSA) is 55.1 Å². The van der Waals surface area contributed by atoms with Crippen molar-refractivity contribution in [2.24, 2.45) is 0 Å². The number of aromatic nitrogens is 2. The predicted octanol–water partition coefficient (Wildman–Crippen LogP) is 2.76. The van der Waals surface area contributed by atoms with E-state index in [4.69, 9.17) is 16.7 Å². The summed E-state index contributed by atoms with van der Waals surface area (Å²) < 4.78 is 1.88. The van der Waals surface area contributed by atoms with Crippen LogP contribution >= 0.6 is 23.4 Å². The molecule has 0 amide bonds. The van der Waals surface area contributed by atoms with Gasteiger partial charge in [0.15, 0.2) is 5.16 Å². The van der Waals surface area contributed by atoms with Gasteiger partial charge in [0.2, 0.25) is 0 Å². The standard InChI is InChI=1S/C12H11ClN2O2S/c13-10-4-2-1-3-9(10)7-15-6-5-14-12(15)18-8-11(16)17/h1-6H,7-8H2,(H,16,17). The Morgan fingerprint density at radius 1 is 1.44 bits per heavy atom. The lowest BCUT2D eigenvalue weighted by atomic mass is 10.2. The van der Waals surface area contributed by atoms with Crippen LogP contribution in [0.3, 0.4) is 0 Å².